The molecule has 1 aromatic carbocycles. The van der Waals surface area contributed by atoms with Gasteiger partial charge in [-0.15, -0.1) is 0 Å². The molecule has 3 nitrogen and oxygen atoms in total. The first-order valence-corrected chi connectivity index (χ1v) is 7.38. The minimum Gasteiger partial charge on any atom is -0.366 e. The lowest BCUT2D eigenvalue weighted by atomic mass is 10.1. The van der Waals surface area contributed by atoms with Gasteiger partial charge in [0.25, 0.3) is 0 Å². The van der Waals surface area contributed by atoms with Crippen molar-refractivity contribution in [3.63, 3.8) is 0 Å². The van der Waals surface area contributed by atoms with Crippen LogP contribution in [0.1, 0.15) is 18.9 Å². The third-order valence-electron chi connectivity index (χ3n) is 3.77. The molecule has 1 aliphatic rings. The van der Waals surface area contributed by atoms with E-state index in [-0.39, 0.29) is 0 Å². The minimum absolute atomic E-state index is 0.489. The number of likely N-dealkylation sites (N-methyl/N-ethyl adjacent to an activating group) is 1. The Kier molecular flexibility index (Phi) is 5.08. The molecule has 1 aliphatic heterocycles. The van der Waals surface area contributed by atoms with Gasteiger partial charge in [-0.2, -0.15) is 0 Å². The molecule has 0 bridgehead atoms. The van der Waals surface area contributed by atoms with Crippen molar-refractivity contribution in [1.29, 1.82) is 0 Å². The lowest BCUT2D eigenvalue weighted by molar-refractivity contribution is 0.337. The van der Waals surface area contributed by atoms with Crippen molar-refractivity contribution < 1.29 is 0 Å². The Hall–Kier alpha value is -0.770. The van der Waals surface area contributed by atoms with Gasteiger partial charge in [0.05, 0.1) is 10.7 Å². The van der Waals surface area contributed by atoms with E-state index in [0.29, 0.717) is 6.04 Å². The number of hydrogen-bond donors (Lipinski definition) is 1. The van der Waals surface area contributed by atoms with Gasteiger partial charge in [-0.3, -0.25) is 0 Å². The van der Waals surface area contributed by atoms with Crippen LogP contribution in [0.3, 0.4) is 0 Å². The molecule has 4 heteroatoms. The van der Waals surface area contributed by atoms with E-state index in [1.807, 2.05) is 19.2 Å². The van der Waals surface area contributed by atoms with E-state index in [0.717, 1.165) is 31.2 Å². The third-order valence-corrected chi connectivity index (χ3v) is 4.08. The fourth-order valence-electron chi connectivity index (χ4n) is 2.92. The van der Waals surface area contributed by atoms with Crippen molar-refractivity contribution in [1.82, 2.24) is 10.2 Å². The van der Waals surface area contributed by atoms with Crippen LogP contribution in [-0.4, -0.2) is 44.7 Å². The lowest BCUT2D eigenvalue weighted by Crippen LogP contribution is -2.38. The normalized spacial score (nSPS) is 21.5. The van der Waals surface area contributed by atoms with Crippen molar-refractivity contribution in [3.05, 3.63) is 28.8 Å². The number of hydrogen-bond acceptors (Lipinski definition) is 3. The molecule has 0 aromatic heterocycles. The zero-order valence-electron chi connectivity index (χ0n) is 12.1. The quantitative estimate of drug-likeness (QED) is 0.919. The molecule has 1 N–H and O–H groups in total. The number of halogens is 1. The number of benzene rings is 1. The van der Waals surface area contributed by atoms with Crippen molar-refractivity contribution in [3.8, 4) is 0 Å². The van der Waals surface area contributed by atoms with E-state index in [2.05, 4.69) is 35.2 Å². The standard InChI is InChI=1S/C15H24ClN3/c1-12-11-18(3)8-5-9-19(12)15-13(10-17-2)6-4-7-14(15)16/h4,6-7,12,17H,5,8-11H2,1-3H3. The summed E-state index contributed by atoms with van der Waals surface area (Å²) in [5.41, 5.74) is 2.49. The minimum atomic E-state index is 0.489. The van der Waals surface area contributed by atoms with Gasteiger partial charge in [-0.05, 0) is 45.6 Å². The number of nitrogens with one attached hydrogen (secondary N) is 1. The van der Waals surface area contributed by atoms with E-state index < -0.39 is 0 Å². The van der Waals surface area contributed by atoms with Crippen LogP contribution in [-0.2, 0) is 6.54 Å². The summed E-state index contributed by atoms with van der Waals surface area (Å²) in [6.45, 7) is 6.46. The second kappa shape index (κ2) is 6.60. The average molecular weight is 282 g/mol. The van der Waals surface area contributed by atoms with Crippen LogP contribution in [0.4, 0.5) is 5.69 Å². The first-order valence-electron chi connectivity index (χ1n) is 7.00. The molecule has 0 saturated carbocycles. The van der Waals surface area contributed by atoms with Gasteiger partial charge < -0.3 is 15.1 Å². The second-order valence-corrected chi connectivity index (χ2v) is 5.84. The molecular weight excluding hydrogens is 258 g/mol. The highest BCUT2D eigenvalue weighted by atomic mass is 35.5. The SMILES string of the molecule is CNCc1cccc(Cl)c1N1CCCN(C)CC1C. The van der Waals surface area contributed by atoms with Gasteiger partial charge in [-0.1, -0.05) is 23.7 Å². The number of nitrogens with zero attached hydrogens (tertiary/aromatic N) is 2. The molecule has 106 valence electrons. The second-order valence-electron chi connectivity index (χ2n) is 5.44. The Bertz CT molecular complexity index is 422. The van der Waals surface area contributed by atoms with Crippen molar-refractivity contribution in [2.45, 2.75) is 25.9 Å². The summed E-state index contributed by atoms with van der Waals surface area (Å²) in [5.74, 6) is 0. The van der Waals surface area contributed by atoms with E-state index in [4.69, 9.17) is 11.6 Å². The smallest absolute Gasteiger partial charge is 0.0643 e. The molecule has 2 rings (SSSR count). The summed E-state index contributed by atoms with van der Waals surface area (Å²) in [4.78, 5) is 4.87. The van der Waals surface area contributed by atoms with Crippen LogP contribution in [0.25, 0.3) is 0 Å². The summed E-state index contributed by atoms with van der Waals surface area (Å²) >= 11 is 6.47. The maximum atomic E-state index is 6.47. The Morgan fingerprint density at radius 1 is 1.37 bits per heavy atom. The number of anilines is 1. The van der Waals surface area contributed by atoms with E-state index >= 15 is 0 Å². The fourth-order valence-corrected chi connectivity index (χ4v) is 3.22. The zero-order chi connectivity index (χ0) is 13.8. The predicted octanol–water partition coefficient (Wildman–Crippen LogP) is 2.59. The van der Waals surface area contributed by atoms with Gasteiger partial charge in [-0.25, -0.2) is 0 Å². The summed E-state index contributed by atoms with van der Waals surface area (Å²) in [6, 6.07) is 6.69. The first-order chi connectivity index (χ1) is 9.13. The largest absolute Gasteiger partial charge is 0.366 e. The molecule has 0 spiro atoms. The molecule has 19 heavy (non-hydrogen) atoms. The average Bonchev–Trinajstić information content (AvgIpc) is 2.51. The Morgan fingerprint density at radius 3 is 2.89 bits per heavy atom. The van der Waals surface area contributed by atoms with Crippen LogP contribution >= 0.6 is 11.6 Å². The summed E-state index contributed by atoms with van der Waals surface area (Å²) < 4.78 is 0. The summed E-state index contributed by atoms with van der Waals surface area (Å²) in [5, 5.41) is 4.10. The Balaban J connectivity index is 2.33. The van der Waals surface area contributed by atoms with Crippen LogP contribution < -0.4 is 10.2 Å². The van der Waals surface area contributed by atoms with Gasteiger partial charge in [0.15, 0.2) is 0 Å². The molecular formula is C15H24ClN3. The van der Waals surface area contributed by atoms with Crippen LogP contribution in [0.2, 0.25) is 5.02 Å². The molecule has 0 radical (unpaired) electrons. The van der Waals surface area contributed by atoms with E-state index in [1.165, 1.54) is 17.7 Å². The van der Waals surface area contributed by atoms with Crippen molar-refractivity contribution in [2.75, 3.05) is 38.6 Å². The Morgan fingerprint density at radius 2 is 2.16 bits per heavy atom. The molecule has 0 aliphatic carbocycles. The molecule has 1 fully saturated rings. The predicted molar refractivity (Wildman–Crippen MR) is 83.1 cm³/mol. The highest BCUT2D eigenvalue weighted by molar-refractivity contribution is 6.33. The summed E-state index contributed by atoms with van der Waals surface area (Å²) in [6.07, 6.45) is 1.19. The first kappa shape index (κ1) is 14.6. The van der Waals surface area contributed by atoms with Crippen LogP contribution in [0.15, 0.2) is 18.2 Å². The molecule has 0 amide bonds. The number of rotatable bonds is 3. The van der Waals surface area contributed by atoms with Crippen molar-refractivity contribution in [2.24, 2.45) is 0 Å². The monoisotopic (exact) mass is 281 g/mol. The van der Waals surface area contributed by atoms with Crippen LogP contribution in [0, 0.1) is 0 Å². The summed E-state index contributed by atoms with van der Waals surface area (Å²) in [7, 11) is 4.17. The zero-order valence-corrected chi connectivity index (χ0v) is 12.9. The maximum absolute atomic E-state index is 6.47. The molecule has 1 aromatic rings. The molecule has 1 unspecified atom stereocenters. The van der Waals surface area contributed by atoms with Crippen LogP contribution in [0.5, 0.6) is 0 Å². The van der Waals surface area contributed by atoms with E-state index in [1.54, 1.807) is 0 Å². The molecule has 1 heterocycles. The highest BCUT2D eigenvalue weighted by Gasteiger charge is 2.23. The Labute approximate surface area is 121 Å². The van der Waals surface area contributed by atoms with Gasteiger partial charge in [0, 0.05) is 25.7 Å². The number of para-hydroxylation sites is 1. The molecule has 1 saturated heterocycles. The molecule has 1 atom stereocenters. The highest BCUT2D eigenvalue weighted by Crippen LogP contribution is 2.32. The van der Waals surface area contributed by atoms with Gasteiger partial charge in [0.2, 0.25) is 0 Å². The van der Waals surface area contributed by atoms with Gasteiger partial charge >= 0.3 is 0 Å². The third kappa shape index (κ3) is 3.41. The van der Waals surface area contributed by atoms with Gasteiger partial charge in [0.1, 0.15) is 0 Å². The lowest BCUT2D eigenvalue weighted by Gasteiger charge is -2.32. The van der Waals surface area contributed by atoms with Crippen molar-refractivity contribution >= 4 is 17.3 Å². The fraction of sp³-hybridized carbons (Fsp3) is 0.600. The topological polar surface area (TPSA) is 18.5 Å². The van der Waals surface area contributed by atoms with E-state index in [9.17, 15) is 0 Å². The maximum Gasteiger partial charge on any atom is 0.0643 e.